The standard InChI is InChI=1S/C15H23NO2/c1-4-5-6-16-10-13-9-15-12(7-11(2)18-15)8-14(13)17-3/h8-9,11,16H,4-7,10H2,1-3H3. The molecule has 3 heteroatoms. The minimum atomic E-state index is 0.285. The lowest BCUT2D eigenvalue weighted by molar-refractivity contribution is 0.254. The molecule has 2 rings (SSSR count). The van der Waals surface area contributed by atoms with Crippen LogP contribution in [0.1, 0.15) is 37.8 Å². The smallest absolute Gasteiger partial charge is 0.123 e. The van der Waals surface area contributed by atoms with E-state index in [1.54, 1.807) is 7.11 Å². The van der Waals surface area contributed by atoms with E-state index in [9.17, 15) is 0 Å². The first-order valence-electron chi connectivity index (χ1n) is 6.81. The van der Waals surface area contributed by atoms with Crippen molar-refractivity contribution in [2.75, 3.05) is 13.7 Å². The van der Waals surface area contributed by atoms with E-state index < -0.39 is 0 Å². The molecule has 1 aromatic rings. The summed E-state index contributed by atoms with van der Waals surface area (Å²) in [6.07, 6.45) is 3.69. The molecule has 1 atom stereocenters. The first-order valence-corrected chi connectivity index (χ1v) is 6.81. The van der Waals surface area contributed by atoms with E-state index in [2.05, 4.69) is 31.3 Å². The Bertz CT molecular complexity index is 404. The fourth-order valence-corrected chi connectivity index (χ4v) is 2.33. The molecule has 0 radical (unpaired) electrons. The Labute approximate surface area is 109 Å². The average molecular weight is 249 g/mol. The Hall–Kier alpha value is -1.22. The third-order valence-corrected chi connectivity index (χ3v) is 3.32. The highest BCUT2D eigenvalue weighted by Gasteiger charge is 2.21. The number of benzene rings is 1. The molecule has 0 spiro atoms. The van der Waals surface area contributed by atoms with Gasteiger partial charge < -0.3 is 14.8 Å². The molecule has 100 valence electrons. The summed E-state index contributed by atoms with van der Waals surface area (Å²) < 4.78 is 11.3. The number of hydrogen-bond donors (Lipinski definition) is 1. The number of unbranched alkanes of at least 4 members (excludes halogenated alkanes) is 1. The lowest BCUT2D eigenvalue weighted by atomic mass is 10.1. The molecule has 0 amide bonds. The number of fused-ring (bicyclic) bond motifs is 1. The highest BCUT2D eigenvalue weighted by Crippen LogP contribution is 2.34. The molecule has 0 bridgehead atoms. The SMILES string of the molecule is CCCCNCc1cc2c(cc1OC)CC(C)O2. The summed E-state index contributed by atoms with van der Waals surface area (Å²) in [5, 5.41) is 3.44. The van der Waals surface area contributed by atoms with Crippen LogP contribution in [0.4, 0.5) is 0 Å². The molecule has 0 aromatic heterocycles. The molecule has 1 unspecified atom stereocenters. The fraction of sp³-hybridized carbons (Fsp3) is 0.600. The van der Waals surface area contributed by atoms with Gasteiger partial charge in [-0.15, -0.1) is 0 Å². The zero-order valence-electron chi connectivity index (χ0n) is 11.6. The van der Waals surface area contributed by atoms with Crippen LogP contribution in [0.25, 0.3) is 0 Å². The van der Waals surface area contributed by atoms with E-state index in [-0.39, 0.29) is 6.10 Å². The van der Waals surface area contributed by atoms with E-state index in [0.717, 1.165) is 31.0 Å². The Morgan fingerprint density at radius 1 is 1.44 bits per heavy atom. The summed E-state index contributed by atoms with van der Waals surface area (Å²) in [5.74, 6) is 1.99. The van der Waals surface area contributed by atoms with E-state index in [4.69, 9.17) is 9.47 Å². The summed E-state index contributed by atoms with van der Waals surface area (Å²) in [6, 6.07) is 4.24. The van der Waals surface area contributed by atoms with Crippen molar-refractivity contribution in [3.8, 4) is 11.5 Å². The second-order valence-corrected chi connectivity index (χ2v) is 4.93. The Balaban J connectivity index is 2.07. The number of nitrogens with one attached hydrogen (secondary N) is 1. The lowest BCUT2D eigenvalue weighted by Crippen LogP contribution is -2.15. The predicted octanol–water partition coefficient (Wildman–Crippen LogP) is 2.91. The van der Waals surface area contributed by atoms with Crippen molar-refractivity contribution in [2.45, 2.75) is 45.8 Å². The van der Waals surface area contributed by atoms with Gasteiger partial charge in [-0.05, 0) is 32.0 Å². The van der Waals surface area contributed by atoms with E-state index in [0.29, 0.717) is 0 Å². The van der Waals surface area contributed by atoms with Crippen LogP contribution in [-0.2, 0) is 13.0 Å². The molecular formula is C15H23NO2. The van der Waals surface area contributed by atoms with Crippen LogP contribution >= 0.6 is 0 Å². The Morgan fingerprint density at radius 2 is 2.28 bits per heavy atom. The molecule has 0 aliphatic carbocycles. The molecule has 1 aliphatic rings. The molecule has 1 aliphatic heterocycles. The highest BCUT2D eigenvalue weighted by molar-refractivity contribution is 5.48. The molecule has 3 nitrogen and oxygen atoms in total. The van der Waals surface area contributed by atoms with Gasteiger partial charge in [0.15, 0.2) is 0 Å². The van der Waals surface area contributed by atoms with Crippen molar-refractivity contribution in [1.29, 1.82) is 0 Å². The third-order valence-electron chi connectivity index (χ3n) is 3.32. The topological polar surface area (TPSA) is 30.5 Å². The maximum Gasteiger partial charge on any atom is 0.123 e. The minimum absolute atomic E-state index is 0.285. The third kappa shape index (κ3) is 2.96. The van der Waals surface area contributed by atoms with Crippen molar-refractivity contribution in [1.82, 2.24) is 5.32 Å². The van der Waals surface area contributed by atoms with Crippen molar-refractivity contribution < 1.29 is 9.47 Å². The van der Waals surface area contributed by atoms with Crippen LogP contribution in [0.15, 0.2) is 12.1 Å². The van der Waals surface area contributed by atoms with Crippen LogP contribution in [0.3, 0.4) is 0 Å². The normalized spacial score (nSPS) is 17.4. The number of ether oxygens (including phenoxy) is 2. The van der Waals surface area contributed by atoms with Crippen LogP contribution in [0.2, 0.25) is 0 Å². The second-order valence-electron chi connectivity index (χ2n) is 4.93. The molecule has 1 N–H and O–H groups in total. The first kappa shape index (κ1) is 13.2. The molecule has 1 aromatic carbocycles. The van der Waals surface area contributed by atoms with Gasteiger partial charge in [0.05, 0.1) is 7.11 Å². The zero-order valence-corrected chi connectivity index (χ0v) is 11.6. The Kier molecular flexibility index (Phi) is 4.48. The maximum atomic E-state index is 5.79. The van der Waals surface area contributed by atoms with E-state index in [1.165, 1.54) is 24.0 Å². The summed E-state index contributed by atoms with van der Waals surface area (Å²) >= 11 is 0. The van der Waals surface area contributed by atoms with Crippen LogP contribution in [0.5, 0.6) is 11.5 Å². The van der Waals surface area contributed by atoms with Crippen LogP contribution < -0.4 is 14.8 Å². The van der Waals surface area contributed by atoms with Crippen molar-refractivity contribution >= 4 is 0 Å². The highest BCUT2D eigenvalue weighted by atomic mass is 16.5. The fourth-order valence-electron chi connectivity index (χ4n) is 2.33. The van der Waals surface area contributed by atoms with Gasteiger partial charge in [0, 0.05) is 24.1 Å². The summed E-state index contributed by atoms with van der Waals surface area (Å²) in [6.45, 7) is 6.20. The van der Waals surface area contributed by atoms with Gasteiger partial charge in [0.25, 0.3) is 0 Å². The molecule has 18 heavy (non-hydrogen) atoms. The first-order chi connectivity index (χ1) is 8.74. The van der Waals surface area contributed by atoms with E-state index >= 15 is 0 Å². The van der Waals surface area contributed by atoms with Crippen LogP contribution in [-0.4, -0.2) is 19.8 Å². The van der Waals surface area contributed by atoms with Crippen molar-refractivity contribution in [3.05, 3.63) is 23.3 Å². The molecule has 1 heterocycles. The van der Waals surface area contributed by atoms with Gasteiger partial charge in [-0.2, -0.15) is 0 Å². The van der Waals surface area contributed by atoms with Gasteiger partial charge in [-0.1, -0.05) is 13.3 Å². The van der Waals surface area contributed by atoms with Crippen molar-refractivity contribution in [2.24, 2.45) is 0 Å². The quantitative estimate of drug-likeness (QED) is 0.786. The number of rotatable bonds is 6. The molecule has 0 fully saturated rings. The van der Waals surface area contributed by atoms with Gasteiger partial charge >= 0.3 is 0 Å². The summed E-state index contributed by atoms with van der Waals surface area (Å²) in [7, 11) is 1.73. The predicted molar refractivity (Wildman–Crippen MR) is 73.4 cm³/mol. The Morgan fingerprint density at radius 3 is 3.00 bits per heavy atom. The van der Waals surface area contributed by atoms with Gasteiger partial charge in [0.1, 0.15) is 17.6 Å². The van der Waals surface area contributed by atoms with E-state index in [1.807, 2.05) is 0 Å². The molecule has 0 saturated carbocycles. The maximum absolute atomic E-state index is 5.79. The van der Waals surface area contributed by atoms with Gasteiger partial charge in [0.2, 0.25) is 0 Å². The largest absolute Gasteiger partial charge is 0.496 e. The zero-order chi connectivity index (χ0) is 13.0. The van der Waals surface area contributed by atoms with Crippen LogP contribution in [0, 0.1) is 0 Å². The van der Waals surface area contributed by atoms with Gasteiger partial charge in [-0.25, -0.2) is 0 Å². The second kappa shape index (κ2) is 6.10. The average Bonchev–Trinajstić information content (AvgIpc) is 2.72. The van der Waals surface area contributed by atoms with Crippen molar-refractivity contribution in [3.63, 3.8) is 0 Å². The monoisotopic (exact) mass is 249 g/mol. The number of methoxy groups -OCH3 is 1. The summed E-state index contributed by atoms with van der Waals surface area (Å²) in [5.41, 5.74) is 2.44. The minimum Gasteiger partial charge on any atom is -0.496 e. The van der Waals surface area contributed by atoms with Gasteiger partial charge in [-0.3, -0.25) is 0 Å². The summed E-state index contributed by atoms with van der Waals surface area (Å²) in [4.78, 5) is 0. The molecular weight excluding hydrogens is 226 g/mol. The number of hydrogen-bond acceptors (Lipinski definition) is 3. The molecule has 0 saturated heterocycles. The lowest BCUT2D eigenvalue weighted by Gasteiger charge is -2.11.